The molecule has 0 aromatic carbocycles. The van der Waals surface area contributed by atoms with Gasteiger partial charge in [-0.25, -0.2) is 0 Å². The van der Waals surface area contributed by atoms with Gasteiger partial charge in [0.2, 0.25) is 5.91 Å². The van der Waals surface area contributed by atoms with Crippen LogP contribution in [0.3, 0.4) is 0 Å². The fourth-order valence-electron chi connectivity index (χ4n) is 2.06. The molecule has 1 saturated heterocycles. The highest BCUT2D eigenvalue weighted by Gasteiger charge is 2.23. The van der Waals surface area contributed by atoms with Crippen LogP contribution in [-0.4, -0.2) is 23.4 Å². The summed E-state index contributed by atoms with van der Waals surface area (Å²) >= 11 is 0. The maximum atomic E-state index is 11.8. The summed E-state index contributed by atoms with van der Waals surface area (Å²) in [5, 5.41) is 0. The number of carbonyl (C=O) groups excluding carboxylic acids is 1. The van der Waals surface area contributed by atoms with Gasteiger partial charge in [0, 0.05) is 18.7 Å². The minimum Gasteiger partial charge on any atom is -0.336 e. The molecule has 1 aliphatic rings. The van der Waals surface area contributed by atoms with Gasteiger partial charge in [-0.05, 0) is 32.6 Å². The van der Waals surface area contributed by atoms with E-state index in [9.17, 15) is 4.79 Å². The molecule has 0 bridgehead atoms. The maximum absolute atomic E-state index is 11.8. The summed E-state index contributed by atoms with van der Waals surface area (Å²) in [5.41, 5.74) is 0. The van der Waals surface area contributed by atoms with Crippen molar-refractivity contribution in [2.24, 2.45) is 0 Å². The first-order chi connectivity index (χ1) is 7.29. The summed E-state index contributed by atoms with van der Waals surface area (Å²) in [7, 11) is 0. The Hall–Kier alpha value is -1.05. The van der Waals surface area contributed by atoms with Crippen LogP contribution < -0.4 is 0 Å². The molecule has 0 spiro atoms. The van der Waals surface area contributed by atoms with Crippen molar-refractivity contribution in [1.82, 2.24) is 4.90 Å². The number of piperidine rings is 1. The predicted molar refractivity (Wildman–Crippen MR) is 63.6 cm³/mol. The van der Waals surface area contributed by atoms with Gasteiger partial charge in [0.05, 0.1) is 0 Å². The zero-order valence-electron chi connectivity index (χ0n) is 9.78. The molecule has 0 N–H and O–H groups in total. The highest BCUT2D eigenvalue weighted by atomic mass is 16.2. The van der Waals surface area contributed by atoms with Crippen LogP contribution in [-0.2, 0) is 4.79 Å². The van der Waals surface area contributed by atoms with Crippen molar-refractivity contribution < 1.29 is 4.79 Å². The predicted octanol–water partition coefficient (Wildman–Crippen LogP) is 2.91. The Morgan fingerprint density at radius 2 is 2.20 bits per heavy atom. The van der Waals surface area contributed by atoms with Crippen molar-refractivity contribution in [3.05, 3.63) is 24.3 Å². The lowest BCUT2D eigenvalue weighted by atomic mass is 10.00. The van der Waals surface area contributed by atoms with Crippen molar-refractivity contribution in [3.8, 4) is 0 Å². The smallest absolute Gasteiger partial charge is 0.246 e. The summed E-state index contributed by atoms with van der Waals surface area (Å²) in [6.07, 6.45) is 12.0. The minimum atomic E-state index is 0.166. The summed E-state index contributed by atoms with van der Waals surface area (Å²) < 4.78 is 0. The summed E-state index contributed by atoms with van der Waals surface area (Å²) in [4.78, 5) is 13.9. The number of amides is 1. The number of likely N-dealkylation sites (tertiary alicyclic amines) is 1. The van der Waals surface area contributed by atoms with Crippen LogP contribution in [0.15, 0.2) is 24.3 Å². The van der Waals surface area contributed by atoms with E-state index in [0.717, 1.165) is 19.4 Å². The molecule has 2 nitrogen and oxygen atoms in total. The molecule has 15 heavy (non-hydrogen) atoms. The summed E-state index contributed by atoms with van der Waals surface area (Å²) in [5.74, 6) is 0.166. The van der Waals surface area contributed by atoms with Crippen LogP contribution >= 0.6 is 0 Å². The third-order valence-electron chi connectivity index (χ3n) is 2.92. The Morgan fingerprint density at radius 1 is 1.40 bits per heavy atom. The normalized spacial score (nSPS) is 22.8. The minimum absolute atomic E-state index is 0.166. The number of hydrogen-bond donors (Lipinski definition) is 0. The van der Waals surface area contributed by atoms with Gasteiger partial charge in [-0.1, -0.05) is 25.2 Å². The molecule has 1 aliphatic heterocycles. The lowest BCUT2D eigenvalue weighted by Crippen LogP contribution is -2.42. The van der Waals surface area contributed by atoms with Crippen molar-refractivity contribution in [3.63, 3.8) is 0 Å². The zero-order valence-corrected chi connectivity index (χ0v) is 9.78. The van der Waals surface area contributed by atoms with Crippen molar-refractivity contribution in [2.75, 3.05) is 6.54 Å². The number of allylic oxidation sites excluding steroid dienone is 3. The quantitative estimate of drug-likeness (QED) is 0.514. The van der Waals surface area contributed by atoms with Crippen LogP contribution in [0.1, 0.15) is 39.5 Å². The molecular weight excluding hydrogens is 186 g/mol. The Balaban J connectivity index is 2.55. The van der Waals surface area contributed by atoms with Crippen molar-refractivity contribution in [1.29, 1.82) is 0 Å². The van der Waals surface area contributed by atoms with Gasteiger partial charge >= 0.3 is 0 Å². The average Bonchev–Trinajstić information content (AvgIpc) is 2.29. The largest absolute Gasteiger partial charge is 0.336 e. The van der Waals surface area contributed by atoms with Crippen molar-refractivity contribution >= 4 is 5.91 Å². The van der Waals surface area contributed by atoms with Crippen LogP contribution in [0, 0.1) is 0 Å². The summed E-state index contributed by atoms with van der Waals surface area (Å²) in [6, 6.07) is 0.460. The van der Waals surface area contributed by atoms with E-state index in [1.807, 2.05) is 30.1 Å². The second-order valence-electron chi connectivity index (χ2n) is 3.97. The molecule has 1 fully saturated rings. The fourth-order valence-corrected chi connectivity index (χ4v) is 2.06. The molecule has 1 amide bonds. The number of rotatable bonds is 3. The van der Waals surface area contributed by atoms with Gasteiger partial charge in [-0.15, -0.1) is 0 Å². The maximum Gasteiger partial charge on any atom is 0.246 e. The van der Waals surface area contributed by atoms with Crippen LogP contribution in [0.5, 0.6) is 0 Å². The lowest BCUT2D eigenvalue weighted by molar-refractivity contribution is -0.129. The molecule has 0 aliphatic carbocycles. The van der Waals surface area contributed by atoms with Gasteiger partial charge < -0.3 is 4.90 Å². The number of hydrogen-bond acceptors (Lipinski definition) is 1. The standard InChI is InChI=1S/C13H21NO/c1-3-5-6-10-13(15)14-11-8-7-9-12(14)4-2/h3,5-6,10,12H,4,7-9,11H2,1-2H3/b5-3?,10-6+. The van der Waals surface area contributed by atoms with Gasteiger partial charge in [0.1, 0.15) is 0 Å². The molecule has 84 valence electrons. The van der Waals surface area contributed by atoms with E-state index < -0.39 is 0 Å². The van der Waals surface area contributed by atoms with E-state index >= 15 is 0 Å². The van der Waals surface area contributed by atoms with Gasteiger partial charge in [0.15, 0.2) is 0 Å². The van der Waals surface area contributed by atoms with E-state index in [2.05, 4.69) is 6.92 Å². The highest BCUT2D eigenvalue weighted by molar-refractivity contribution is 5.88. The van der Waals surface area contributed by atoms with E-state index in [1.54, 1.807) is 6.08 Å². The molecule has 1 rings (SSSR count). The van der Waals surface area contributed by atoms with E-state index in [4.69, 9.17) is 0 Å². The van der Waals surface area contributed by atoms with Gasteiger partial charge in [-0.3, -0.25) is 4.79 Å². The third kappa shape index (κ3) is 3.54. The molecule has 1 atom stereocenters. The third-order valence-corrected chi connectivity index (χ3v) is 2.92. The fraction of sp³-hybridized carbons (Fsp3) is 0.615. The first-order valence-corrected chi connectivity index (χ1v) is 5.89. The monoisotopic (exact) mass is 207 g/mol. The molecule has 0 aromatic heterocycles. The zero-order chi connectivity index (χ0) is 11.1. The second-order valence-corrected chi connectivity index (χ2v) is 3.97. The van der Waals surface area contributed by atoms with Crippen LogP contribution in [0.2, 0.25) is 0 Å². The molecule has 0 radical (unpaired) electrons. The molecular formula is C13H21NO. The van der Waals surface area contributed by atoms with Gasteiger partial charge in [0.25, 0.3) is 0 Å². The second kappa shape index (κ2) is 6.44. The van der Waals surface area contributed by atoms with Crippen molar-refractivity contribution in [2.45, 2.75) is 45.6 Å². The number of carbonyl (C=O) groups is 1. The highest BCUT2D eigenvalue weighted by Crippen LogP contribution is 2.19. The Kier molecular flexibility index (Phi) is 5.16. The first kappa shape index (κ1) is 12.0. The molecule has 1 unspecified atom stereocenters. The van der Waals surface area contributed by atoms with E-state index in [-0.39, 0.29) is 5.91 Å². The van der Waals surface area contributed by atoms with E-state index in [1.165, 1.54) is 12.8 Å². The summed E-state index contributed by atoms with van der Waals surface area (Å²) in [6.45, 7) is 5.04. The van der Waals surface area contributed by atoms with Gasteiger partial charge in [-0.2, -0.15) is 0 Å². The van der Waals surface area contributed by atoms with Crippen LogP contribution in [0.4, 0.5) is 0 Å². The van der Waals surface area contributed by atoms with Crippen LogP contribution in [0.25, 0.3) is 0 Å². The molecule has 1 heterocycles. The lowest BCUT2D eigenvalue weighted by Gasteiger charge is -2.34. The Morgan fingerprint density at radius 3 is 2.87 bits per heavy atom. The molecule has 0 saturated carbocycles. The molecule has 0 aromatic rings. The first-order valence-electron chi connectivity index (χ1n) is 5.89. The topological polar surface area (TPSA) is 20.3 Å². The SMILES string of the molecule is CC=C/C=C/C(=O)N1CCCCC1CC. The number of nitrogens with zero attached hydrogens (tertiary/aromatic N) is 1. The Labute approximate surface area is 92.7 Å². The van der Waals surface area contributed by atoms with E-state index in [0.29, 0.717) is 6.04 Å². The average molecular weight is 207 g/mol. The Bertz CT molecular complexity index is 255. The molecule has 2 heteroatoms.